The van der Waals surface area contributed by atoms with Crippen LogP contribution in [0.15, 0.2) is 30.3 Å². The fourth-order valence-corrected chi connectivity index (χ4v) is 2.04. The Kier molecular flexibility index (Phi) is 20.0. The number of ether oxygens (including phenoxy) is 3. The van der Waals surface area contributed by atoms with Gasteiger partial charge in [0, 0.05) is 0 Å². The van der Waals surface area contributed by atoms with Gasteiger partial charge in [-0.25, -0.2) is 0 Å². The zero-order chi connectivity index (χ0) is 18.4. The number of rotatable bonds is 15. The van der Waals surface area contributed by atoms with Crippen molar-refractivity contribution in [2.75, 3.05) is 46.2 Å². The molecule has 1 aromatic rings. The van der Waals surface area contributed by atoms with Crippen LogP contribution in [0.3, 0.4) is 0 Å². The van der Waals surface area contributed by atoms with Crippen molar-refractivity contribution in [1.29, 1.82) is 0 Å². The molecule has 5 nitrogen and oxygen atoms in total. The lowest BCUT2D eigenvalue weighted by molar-refractivity contribution is 0.0222. The topological polar surface area (TPSA) is 68.2 Å². The van der Waals surface area contributed by atoms with E-state index < -0.39 is 0 Å². The highest BCUT2D eigenvalue weighted by molar-refractivity contribution is 5.20. The largest absolute Gasteiger partial charge is 0.494 e. The van der Waals surface area contributed by atoms with E-state index in [0.29, 0.717) is 26.4 Å². The zero-order valence-corrected chi connectivity index (χ0v) is 15.7. The Morgan fingerprint density at radius 3 is 1.80 bits per heavy atom. The molecular weight excluding hydrogens is 320 g/mol. The molecule has 0 radical (unpaired) electrons. The minimum Gasteiger partial charge on any atom is -0.494 e. The number of unbranched alkanes of at least 4 members (excludes halogenated alkanes) is 5. The van der Waals surface area contributed by atoms with Gasteiger partial charge in [0.1, 0.15) is 5.75 Å². The van der Waals surface area contributed by atoms with E-state index in [1.807, 2.05) is 30.3 Å². The summed E-state index contributed by atoms with van der Waals surface area (Å²) in [6.07, 6.45) is 7.90. The summed E-state index contributed by atoms with van der Waals surface area (Å²) in [5.41, 5.74) is 0. The maximum Gasteiger partial charge on any atom is 0.119 e. The van der Waals surface area contributed by atoms with Crippen LogP contribution in [0.5, 0.6) is 5.75 Å². The fraction of sp³-hybridized carbons (Fsp3) is 0.700. The Hall–Kier alpha value is -1.14. The maximum atomic E-state index is 8.26. The Morgan fingerprint density at radius 2 is 1.24 bits per heavy atom. The second kappa shape index (κ2) is 20.9. The zero-order valence-electron chi connectivity index (χ0n) is 15.7. The molecular formula is C20H36O5. The number of hydrogen-bond acceptors (Lipinski definition) is 5. The van der Waals surface area contributed by atoms with Crippen LogP contribution in [-0.4, -0.2) is 56.5 Å². The average molecular weight is 357 g/mol. The molecule has 0 unspecified atom stereocenters. The van der Waals surface area contributed by atoms with E-state index in [0.717, 1.165) is 12.4 Å². The van der Waals surface area contributed by atoms with Crippen LogP contribution in [0.2, 0.25) is 0 Å². The van der Waals surface area contributed by atoms with E-state index >= 15 is 0 Å². The maximum absolute atomic E-state index is 8.26. The van der Waals surface area contributed by atoms with Gasteiger partial charge < -0.3 is 24.4 Å². The average Bonchev–Trinajstić information content (AvgIpc) is 2.65. The Morgan fingerprint density at radius 1 is 0.680 bits per heavy atom. The number of benzene rings is 1. The summed E-state index contributed by atoms with van der Waals surface area (Å²) >= 11 is 0. The second-order valence-electron chi connectivity index (χ2n) is 5.60. The van der Waals surface area contributed by atoms with Crippen molar-refractivity contribution in [3.05, 3.63) is 30.3 Å². The van der Waals surface area contributed by atoms with Crippen molar-refractivity contribution in [3.63, 3.8) is 0 Å². The van der Waals surface area contributed by atoms with Crippen molar-refractivity contribution in [2.24, 2.45) is 0 Å². The van der Waals surface area contributed by atoms with Gasteiger partial charge in [-0.15, -0.1) is 0 Å². The van der Waals surface area contributed by atoms with E-state index in [9.17, 15) is 0 Å². The van der Waals surface area contributed by atoms with Crippen molar-refractivity contribution in [1.82, 2.24) is 0 Å². The molecule has 0 amide bonds. The first-order valence-electron chi connectivity index (χ1n) is 9.40. The standard InChI is InChI=1S/C14H22O.C6H14O4/c1-2-3-4-5-6-10-13-15-14-11-8-7-9-12-14;7-1-3-9-5-6-10-4-2-8/h7-9,11-12H,2-6,10,13H2,1H3;7-8H,1-6H2. The minimum atomic E-state index is 0.0417. The molecule has 146 valence electrons. The number of aliphatic hydroxyl groups is 2. The third kappa shape index (κ3) is 19.0. The van der Waals surface area contributed by atoms with Gasteiger partial charge in [0.05, 0.1) is 46.2 Å². The quantitative estimate of drug-likeness (QED) is 0.471. The number of hydrogen-bond donors (Lipinski definition) is 2. The van der Waals surface area contributed by atoms with E-state index in [1.54, 1.807) is 0 Å². The van der Waals surface area contributed by atoms with E-state index in [1.165, 1.54) is 38.5 Å². The molecule has 0 aliphatic carbocycles. The van der Waals surface area contributed by atoms with Crippen LogP contribution in [0.25, 0.3) is 0 Å². The monoisotopic (exact) mass is 356 g/mol. The molecule has 25 heavy (non-hydrogen) atoms. The number of para-hydroxylation sites is 1. The van der Waals surface area contributed by atoms with Crippen molar-refractivity contribution in [3.8, 4) is 5.75 Å². The highest BCUT2D eigenvalue weighted by Crippen LogP contribution is 2.10. The molecule has 0 aliphatic rings. The molecule has 1 rings (SSSR count). The van der Waals surface area contributed by atoms with Crippen LogP contribution in [-0.2, 0) is 9.47 Å². The van der Waals surface area contributed by atoms with Crippen LogP contribution in [0.4, 0.5) is 0 Å². The molecule has 0 aromatic heterocycles. The molecule has 0 spiro atoms. The highest BCUT2D eigenvalue weighted by Gasteiger charge is 1.92. The van der Waals surface area contributed by atoms with Crippen LogP contribution >= 0.6 is 0 Å². The van der Waals surface area contributed by atoms with Gasteiger partial charge in [-0.1, -0.05) is 57.2 Å². The SMILES string of the molecule is CCCCCCCCOc1ccccc1.OCCOCCOCCO. The molecule has 0 atom stereocenters. The van der Waals surface area contributed by atoms with Gasteiger partial charge in [0.25, 0.3) is 0 Å². The molecule has 0 saturated carbocycles. The predicted octanol–water partition coefficient (Wildman–Crippen LogP) is 3.43. The normalized spacial score (nSPS) is 10.2. The van der Waals surface area contributed by atoms with Crippen molar-refractivity contribution in [2.45, 2.75) is 45.4 Å². The van der Waals surface area contributed by atoms with Gasteiger partial charge in [0.2, 0.25) is 0 Å². The molecule has 5 heteroatoms. The summed E-state index contributed by atoms with van der Waals surface area (Å²) in [6.45, 7) is 4.83. The molecule has 1 aromatic carbocycles. The number of aliphatic hydroxyl groups excluding tert-OH is 2. The third-order valence-electron chi connectivity index (χ3n) is 3.35. The molecule has 0 fully saturated rings. The first-order valence-corrected chi connectivity index (χ1v) is 9.40. The molecule has 0 bridgehead atoms. The Bertz CT molecular complexity index is 337. The third-order valence-corrected chi connectivity index (χ3v) is 3.35. The molecule has 0 heterocycles. The van der Waals surface area contributed by atoms with Gasteiger partial charge in [-0.2, -0.15) is 0 Å². The lowest BCUT2D eigenvalue weighted by Gasteiger charge is -2.05. The molecule has 0 saturated heterocycles. The van der Waals surface area contributed by atoms with Crippen LogP contribution in [0, 0.1) is 0 Å². The predicted molar refractivity (Wildman–Crippen MR) is 101 cm³/mol. The van der Waals surface area contributed by atoms with Gasteiger partial charge in [0.15, 0.2) is 0 Å². The van der Waals surface area contributed by atoms with Gasteiger partial charge >= 0.3 is 0 Å². The lowest BCUT2D eigenvalue weighted by atomic mass is 10.1. The molecule has 2 N–H and O–H groups in total. The van der Waals surface area contributed by atoms with E-state index in [-0.39, 0.29) is 13.2 Å². The Balaban J connectivity index is 0.000000504. The first kappa shape index (κ1) is 23.9. The van der Waals surface area contributed by atoms with Crippen LogP contribution < -0.4 is 4.74 Å². The van der Waals surface area contributed by atoms with Crippen molar-refractivity contribution < 1.29 is 24.4 Å². The summed E-state index contributed by atoms with van der Waals surface area (Å²) in [7, 11) is 0. The lowest BCUT2D eigenvalue weighted by Crippen LogP contribution is -2.09. The summed E-state index contributed by atoms with van der Waals surface area (Å²) in [5, 5.41) is 16.5. The summed E-state index contributed by atoms with van der Waals surface area (Å²) < 4.78 is 15.4. The summed E-state index contributed by atoms with van der Waals surface area (Å²) in [4.78, 5) is 0. The second-order valence-corrected chi connectivity index (χ2v) is 5.60. The van der Waals surface area contributed by atoms with E-state index in [4.69, 9.17) is 24.4 Å². The smallest absolute Gasteiger partial charge is 0.119 e. The molecule has 0 aliphatic heterocycles. The van der Waals surface area contributed by atoms with Crippen molar-refractivity contribution >= 4 is 0 Å². The fourth-order valence-electron chi connectivity index (χ4n) is 2.04. The van der Waals surface area contributed by atoms with E-state index in [2.05, 4.69) is 6.92 Å². The summed E-state index contributed by atoms with van der Waals surface area (Å²) in [6, 6.07) is 10.1. The Labute approximate surface area is 152 Å². The summed E-state index contributed by atoms with van der Waals surface area (Å²) in [5.74, 6) is 0.992. The first-order chi connectivity index (χ1) is 12.3. The van der Waals surface area contributed by atoms with Gasteiger partial charge in [-0.3, -0.25) is 0 Å². The van der Waals surface area contributed by atoms with Gasteiger partial charge in [-0.05, 0) is 18.6 Å². The highest BCUT2D eigenvalue weighted by atomic mass is 16.5. The minimum absolute atomic E-state index is 0.0417. The van der Waals surface area contributed by atoms with Crippen LogP contribution in [0.1, 0.15) is 45.4 Å².